The third-order valence-corrected chi connectivity index (χ3v) is 12.6. The highest BCUT2D eigenvalue weighted by atomic mass is 32.1. The molecule has 0 saturated heterocycles. The molecule has 0 radical (unpaired) electrons. The molecule has 0 atom stereocenters. The van der Waals surface area contributed by atoms with E-state index in [1.54, 1.807) is 0 Å². The summed E-state index contributed by atoms with van der Waals surface area (Å²) < 4.78 is 10.0. The molecular formula is C51H32N4OS. The first-order chi connectivity index (χ1) is 28.2. The van der Waals surface area contributed by atoms with Crippen molar-refractivity contribution < 1.29 is 4.42 Å². The summed E-state index contributed by atoms with van der Waals surface area (Å²) in [6, 6.07) is 59.7. The predicted molar refractivity (Wildman–Crippen MR) is 234 cm³/mol. The SMILES string of the molecule is c1ccc(-c2cc(-c3nc(-c4ccccc4)nc(-c4ccc5oc6ccccc6c5c4)n3)cc(-n3c4c(c5ccccc53)CCc3c-4sc4ccccc34)c2)cc1. The first kappa shape index (κ1) is 32.1. The Hall–Kier alpha value is -7.15. The Balaban J connectivity index is 1.12. The summed E-state index contributed by atoms with van der Waals surface area (Å²) in [4.78, 5) is 17.0. The number of hydrogen-bond donors (Lipinski definition) is 0. The molecule has 12 rings (SSSR count). The van der Waals surface area contributed by atoms with E-state index in [2.05, 4.69) is 126 Å². The monoisotopic (exact) mass is 748 g/mol. The average molecular weight is 749 g/mol. The molecule has 7 aromatic carbocycles. The zero-order valence-corrected chi connectivity index (χ0v) is 31.5. The third-order valence-electron chi connectivity index (χ3n) is 11.4. The van der Waals surface area contributed by atoms with Gasteiger partial charge in [-0.15, -0.1) is 11.3 Å². The van der Waals surface area contributed by atoms with Gasteiger partial charge in [0.1, 0.15) is 11.2 Å². The van der Waals surface area contributed by atoms with E-state index in [1.165, 1.54) is 42.7 Å². The lowest BCUT2D eigenvalue weighted by Crippen LogP contribution is -2.05. The second-order valence-corrected chi connectivity index (χ2v) is 15.8. The summed E-state index contributed by atoms with van der Waals surface area (Å²) in [6.07, 6.45) is 2.03. The van der Waals surface area contributed by atoms with Crippen LogP contribution in [0.2, 0.25) is 0 Å². The summed E-state index contributed by atoms with van der Waals surface area (Å²) in [5, 5.41) is 4.77. The molecule has 0 N–H and O–H groups in total. The minimum absolute atomic E-state index is 0.608. The molecular weight excluding hydrogens is 717 g/mol. The normalized spacial score (nSPS) is 12.4. The highest BCUT2D eigenvalue weighted by molar-refractivity contribution is 7.22. The lowest BCUT2D eigenvalue weighted by Gasteiger charge is -2.19. The van der Waals surface area contributed by atoms with Gasteiger partial charge in [-0.05, 0) is 95.1 Å². The molecule has 11 aromatic rings. The molecule has 5 nitrogen and oxygen atoms in total. The van der Waals surface area contributed by atoms with E-state index in [9.17, 15) is 0 Å². The summed E-state index contributed by atoms with van der Waals surface area (Å²) in [7, 11) is 0. The first-order valence-corrected chi connectivity index (χ1v) is 20.1. The van der Waals surface area contributed by atoms with Crippen molar-refractivity contribution in [3.05, 3.63) is 181 Å². The maximum Gasteiger partial charge on any atom is 0.164 e. The summed E-state index contributed by atoms with van der Waals surface area (Å²) in [6.45, 7) is 0. The summed E-state index contributed by atoms with van der Waals surface area (Å²) in [5.41, 5.74) is 13.1. The lowest BCUT2D eigenvalue weighted by molar-refractivity contribution is 0.669. The van der Waals surface area contributed by atoms with E-state index in [0.29, 0.717) is 17.5 Å². The fourth-order valence-corrected chi connectivity index (χ4v) is 10.1. The highest BCUT2D eigenvalue weighted by Gasteiger charge is 2.29. The number of benzene rings is 7. The molecule has 4 aromatic heterocycles. The minimum atomic E-state index is 0.608. The van der Waals surface area contributed by atoms with Crippen molar-refractivity contribution in [1.29, 1.82) is 0 Å². The van der Waals surface area contributed by atoms with Crippen molar-refractivity contribution in [3.63, 3.8) is 0 Å². The molecule has 0 bridgehead atoms. The van der Waals surface area contributed by atoms with Crippen molar-refractivity contribution in [2.24, 2.45) is 0 Å². The van der Waals surface area contributed by atoms with Gasteiger partial charge in [-0.25, -0.2) is 15.0 Å². The van der Waals surface area contributed by atoms with E-state index in [4.69, 9.17) is 19.4 Å². The van der Waals surface area contributed by atoms with Crippen LogP contribution in [0.15, 0.2) is 174 Å². The number of rotatable bonds is 5. The number of para-hydroxylation sites is 2. The van der Waals surface area contributed by atoms with Crippen LogP contribution in [0.5, 0.6) is 0 Å². The Morgan fingerprint density at radius 1 is 0.439 bits per heavy atom. The average Bonchev–Trinajstić information content (AvgIpc) is 3.96. The van der Waals surface area contributed by atoms with Gasteiger partial charge in [-0.1, -0.05) is 115 Å². The Morgan fingerprint density at radius 2 is 1.05 bits per heavy atom. The molecule has 268 valence electrons. The predicted octanol–water partition coefficient (Wildman–Crippen LogP) is 13.4. The second-order valence-electron chi connectivity index (χ2n) is 14.7. The number of thiophene rings is 1. The minimum Gasteiger partial charge on any atom is -0.456 e. The van der Waals surface area contributed by atoms with E-state index in [0.717, 1.165) is 68.3 Å². The standard InChI is InChI=1S/C51H32N4OS/c1-3-13-31(14-4-1)34-27-35(29-36(28-34)55-43-20-10-7-17-37(43)40-24-25-41-39-19-9-12-22-46(39)57-48(41)47(40)55)51-53-49(32-15-5-2-6-16-32)52-50(54-51)33-23-26-45-42(30-33)38-18-8-11-21-44(38)56-45/h1-23,26-30H,24-25H2. The van der Waals surface area contributed by atoms with Crippen molar-refractivity contribution in [2.45, 2.75) is 12.8 Å². The van der Waals surface area contributed by atoms with Crippen LogP contribution in [0.3, 0.4) is 0 Å². The van der Waals surface area contributed by atoms with E-state index in [1.807, 2.05) is 59.9 Å². The van der Waals surface area contributed by atoms with Crippen LogP contribution in [-0.4, -0.2) is 19.5 Å². The Labute approximate surface area is 332 Å². The molecule has 4 heterocycles. The molecule has 0 unspecified atom stereocenters. The van der Waals surface area contributed by atoms with Gasteiger partial charge in [-0.2, -0.15) is 0 Å². The van der Waals surface area contributed by atoms with Gasteiger partial charge >= 0.3 is 0 Å². The van der Waals surface area contributed by atoms with E-state index < -0.39 is 0 Å². The zero-order chi connectivity index (χ0) is 37.5. The van der Waals surface area contributed by atoms with Gasteiger partial charge in [-0.3, -0.25) is 0 Å². The largest absolute Gasteiger partial charge is 0.456 e. The van der Waals surface area contributed by atoms with E-state index >= 15 is 0 Å². The van der Waals surface area contributed by atoms with Crippen molar-refractivity contribution in [1.82, 2.24) is 19.5 Å². The van der Waals surface area contributed by atoms with Crippen molar-refractivity contribution in [2.75, 3.05) is 0 Å². The van der Waals surface area contributed by atoms with Gasteiger partial charge in [0.2, 0.25) is 0 Å². The van der Waals surface area contributed by atoms with Gasteiger partial charge in [0.05, 0.1) is 16.1 Å². The van der Waals surface area contributed by atoms with Crippen LogP contribution < -0.4 is 0 Å². The Bertz CT molecular complexity index is 3360. The molecule has 0 saturated carbocycles. The second kappa shape index (κ2) is 12.7. The van der Waals surface area contributed by atoms with Crippen LogP contribution in [-0.2, 0) is 12.8 Å². The molecule has 0 fully saturated rings. The first-order valence-electron chi connectivity index (χ1n) is 19.3. The van der Waals surface area contributed by atoms with Crippen LogP contribution in [0, 0.1) is 0 Å². The summed E-state index contributed by atoms with van der Waals surface area (Å²) >= 11 is 1.91. The fourth-order valence-electron chi connectivity index (χ4n) is 8.74. The molecule has 0 aliphatic heterocycles. The Morgan fingerprint density at radius 3 is 1.88 bits per heavy atom. The number of fused-ring (bicyclic) bond motifs is 10. The molecule has 1 aliphatic rings. The quantitative estimate of drug-likeness (QED) is 0.176. The fraction of sp³-hybridized carbons (Fsp3) is 0.0392. The molecule has 0 amide bonds. The topological polar surface area (TPSA) is 56.7 Å². The van der Waals surface area contributed by atoms with Gasteiger partial charge in [0, 0.05) is 43.2 Å². The number of aromatic nitrogens is 4. The number of aryl methyl sites for hydroxylation is 2. The highest BCUT2D eigenvalue weighted by Crippen LogP contribution is 2.48. The van der Waals surface area contributed by atoms with Crippen LogP contribution in [0.25, 0.3) is 104 Å². The van der Waals surface area contributed by atoms with Gasteiger partial charge in [0.15, 0.2) is 17.5 Å². The van der Waals surface area contributed by atoms with Crippen molar-refractivity contribution in [3.8, 4) is 61.5 Å². The molecule has 6 heteroatoms. The third kappa shape index (κ3) is 5.18. The number of hydrogen-bond acceptors (Lipinski definition) is 5. The molecule has 57 heavy (non-hydrogen) atoms. The van der Waals surface area contributed by atoms with Crippen LogP contribution in [0.1, 0.15) is 11.1 Å². The van der Waals surface area contributed by atoms with Gasteiger partial charge in [0.25, 0.3) is 0 Å². The smallest absolute Gasteiger partial charge is 0.164 e. The Kier molecular flexibility index (Phi) is 7.16. The van der Waals surface area contributed by atoms with E-state index in [-0.39, 0.29) is 0 Å². The molecule has 1 aliphatic carbocycles. The van der Waals surface area contributed by atoms with Gasteiger partial charge < -0.3 is 8.98 Å². The summed E-state index contributed by atoms with van der Waals surface area (Å²) in [5.74, 6) is 1.84. The maximum atomic E-state index is 6.19. The number of furan rings is 1. The van der Waals surface area contributed by atoms with Crippen molar-refractivity contribution >= 4 is 54.3 Å². The van der Waals surface area contributed by atoms with Crippen LogP contribution in [0.4, 0.5) is 0 Å². The number of nitrogens with zero attached hydrogens (tertiary/aromatic N) is 4. The zero-order valence-electron chi connectivity index (χ0n) is 30.7. The lowest BCUT2D eigenvalue weighted by atomic mass is 9.92. The van der Waals surface area contributed by atoms with Crippen LogP contribution >= 0.6 is 11.3 Å². The molecule has 0 spiro atoms. The maximum absolute atomic E-state index is 6.19.